The van der Waals surface area contributed by atoms with Gasteiger partial charge in [-0.25, -0.2) is 4.79 Å². The molecule has 0 aliphatic rings. The van der Waals surface area contributed by atoms with Crippen LogP contribution in [0.1, 0.15) is 33.2 Å². The zero-order chi connectivity index (χ0) is 25.6. The van der Waals surface area contributed by atoms with E-state index in [0.29, 0.717) is 46.0 Å². The lowest BCUT2D eigenvalue weighted by molar-refractivity contribution is 0.0736. The van der Waals surface area contributed by atoms with Crippen molar-refractivity contribution in [2.45, 2.75) is 6.92 Å². The number of hydrogen-bond acceptors (Lipinski definition) is 5. The molecule has 5 nitrogen and oxygen atoms in total. The van der Waals surface area contributed by atoms with E-state index < -0.39 is 5.97 Å². The second-order valence-electron chi connectivity index (χ2n) is 8.29. The molecule has 0 saturated heterocycles. The van der Waals surface area contributed by atoms with Gasteiger partial charge < -0.3 is 13.9 Å². The summed E-state index contributed by atoms with van der Waals surface area (Å²) >= 11 is 0. The Balaban J connectivity index is 1.46. The topological polar surface area (TPSA) is 65.7 Å². The molecule has 5 aromatic rings. The first kappa shape index (κ1) is 23.8. The Morgan fingerprint density at radius 2 is 1.57 bits per heavy atom. The summed E-state index contributed by atoms with van der Waals surface area (Å²) in [5, 5.41) is 0.610. The van der Waals surface area contributed by atoms with Crippen LogP contribution in [0.5, 0.6) is 11.5 Å². The first-order valence-corrected chi connectivity index (χ1v) is 12.0. The second kappa shape index (κ2) is 10.8. The monoisotopic (exact) mass is 488 g/mol. The summed E-state index contributed by atoms with van der Waals surface area (Å²) in [6.07, 6.45) is 3.20. The molecule has 0 saturated carbocycles. The Morgan fingerprint density at radius 3 is 2.32 bits per heavy atom. The molecule has 0 aliphatic heterocycles. The highest BCUT2D eigenvalue weighted by Gasteiger charge is 2.24. The van der Waals surface area contributed by atoms with E-state index in [0.717, 1.165) is 11.1 Å². The molecule has 5 rings (SSSR count). The van der Waals surface area contributed by atoms with E-state index in [1.54, 1.807) is 48.5 Å². The number of esters is 1. The first-order valence-electron chi connectivity index (χ1n) is 12.0. The average molecular weight is 489 g/mol. The number of hydrogen-bond donors (Lipinski definition) is 0. The smallest absolute Gasteiger partial charge is 0.348 e. The maximum Gasteiger partial charge on any atom is 0.348 e. The molecule has 0 amide bonds. The van der Waals surface area contributed by atoms with Crippen LogP contribution in [0, 0.1) is 0 Å². The summed E-state index contributed by atoms with van der Waals surface area (Å²) in [5.41, 5.74) is 2.98. The Labute approximate surface area is 214 Å². The van der Waals surface area contributed by atoms with E-state index in [1.165, 1.54) is 6.08 Å². The highest BCUT2D eigenvalue weighted by molar-refractivity contribution is 6.10. The predicted octanol–water partition coefficient (Wildman–Crippen LogP) is 7.61. The number of rotatable bonds is 8. The van der Waals surface area contributed by atoms with Crippen molar-refractivity contribution in [1.29, 1.82) is 0 Å². The number of furan rings is 1. The van der Waals surface area contributed by atoms with Crippen molar-refractivity contribution >= 4 is 28.8 Å². The Morgan fingerprint density at radius 1 is 0.811 bits per heavy atom. The number of ketones is 1. The van der Waals surface area contributed by atoms with Gasteiger partial charge in [0.1, 0.15) is 28.4 Å². The lowest BCUT2D eigenvalue weighted by Crippen LogP contribution is -2.09. The normalized spacial score (nSPS) is 11.1. The Hall–Kier alpha value is -4.90. The molecule has 0 atom stereocenters. The number of carbonyl (C=O) groups excluding carboxylic acids is 2. The van der Waals surface area contributed by atoms with Gasteiger partial charge in [0.2, 0.25) is 0 Å². The molecule has 182 valence electrons. The number of allylic oxidation sites excluding steroid dienone is 1. The Kier molecular flexibility index (Phi) is 6.95. The van der Waals surface area contributed by atoms with Crippen molar-refractivity contribution in [1.82, 2.24) is 0 Å². The molecule has 0 aliphatic carbocycles. The average Bonchev–Trinajstić information content (AvgIpc) is 3.32. The zero-order valence-electron chi connectivity index (χ0n) is 20.2. The molecule has 37 heavy (non-hydrogen) atoms. The third-order valence-corrected chi connectivity index (χ3v) is 5.76. The zero-order valence-corrected chi connectivity index (χ0v) is 20.2. The molecule has 0 unspecified atom stereocenters. The SMILES string of the molecule is CCOc1ccc2oc(-c3ccccc3)c(C(=O)Oc3cccc(C=CC(=O)c4ccccc4)c3)c2c1. The van der Waals surface area contributed by atoms with Crippen molar-refractivity contribution in [3.63, 3.8) is 0 Å². The minimum atomic E-state index is -0.548. The number of carbonyl (C=O) groups is 2. The van der Waals surface area contributed by atoms with Crippen LogP contribution in [-0.4, -0.2) is 18.4 Å². The third-order valence-electron chi connectivity index (χ3n) is 5.76. The highest BCUT2D eigenvalue weighted by Crippen LogP contribution is 2.36. The lowest BCUT2D eigenvalue weighted by atomic mass is 10.1. The number of ether oxygens (including phenoxy) is 2. The molecule has 0 fully saturated rings. The van der Waals surface area contributed by atoms with Crippen LogP contribution in [0.3, 0.4) is 0 Å². The quantitative estimate of drug-likeness (QED) is 0.0973. The maximum absolute atomic E-state index is 13.5. The van der Waals surface area contributed by atoms with E-state index >= 15 is 0 Å². The summed E-state index contributed by atoms with van der Waals surface area (Å²) in [7, 11) is 0. The van der Waals surface area contributed by atoms with Gasteiger partial charge in [0.05, 0.1) is 6.61 Å². The molecule has 1 aromatic heterocycles. The molecule has 0 bridgehead atoms. The summed E-state index contributed by atoms with van der Waals surface area (Å²) in [5.74, 6) is 0.769. The largest absolute Gasteiger partial charge is 0.494 e. The molecular formula is C32H24O5. The van der Waals surface area contributed by atoms with Crippen molar-refractivity contribution in [3.05, 3.63) is 126 Å². The molecule has 1 heterocycles. The van der Waals surface area contributed by atoms with Gasteiger partial charge in [-0.05, 0) is 48.9 Å². The van der Waals surface area contributed by atoms with Crippen LogP contribution in [0.25, 0.3) is 28.4 Å². The summed E-state index contributed by atoms with van der Waals surface area (Å²) in [6.45, 7) is 2.40. The van der Waals surface area contributed by atoms with Crippen LogP contribution in [-0.2, 0) is 0 Å². The van der Waals surface area contributed by atoms with Crippen LogP contribution in [0.2, 0.25) is 0 Å². The molecule has 4 aromatic carbocycles. The van der Waals surface area contributed by atoms with Crippen LogP contribution in [0.15, 0.2) is 114 Å². The summed E-state index contributed by atoms with van der Waals surface area (Å²) < 4.78 is 17.6. The fraction of sp³-hybridized carbons (Fsp3) is 0.0625. The fourth-order valence-electron chi connectivity index (χ4n) is 4.04. The van der Waals surface area contributed by atoms with Crippen LogP contribution in [0.4, 0.5) is 0 Å². The predicted molar refractivity (Wildman–Crippen MR) is 144 cm³/mol. The maximum atomic E-state index is 13.5. The van der Waals surface area contributed by atoms with E-state index in [9.17, 15) is 9.59 Å². The van der Waals surface area contributed by atoms with Crippen molar-refractivity contribution in [2.75, 3.05) is 6.61 Å². The van der Waals surface area contributed by atoms with Gasteiger partial charge in [-0.15, -0.1) is 0 Å². The summed E-state index contributed by atoms with van der Waals surface area (Å²) in [4.78, 5) is 25.9. The molecule has 0 radical (unpaired) electrons. The molecular weight excluding hydrogens is 464 g/mol. The fourth-order valence-corrected chi connectivity index (χ4v) is 4.04. The first-order chi connectivity index (χ1) is 18.1. The molecule has 0 N–H and O–H groups in total. The minimum Gasteiger partial charge on any atom is -0.494 e. The third kappa shape index (κ3) is 5.36. The van der Waals surface area contributed by atoms with Gasteiger partial charge in [-0.1, -0.05) is 78.9 Å². The lowest BCUT2D eigenvalue weighted by Gasteiger charge is -2.07. The minimum absolute atomic E-state index is 0.106. The van der Waals surface area contributed by atoms with Gasteiger partial charge in [-0.3, -0.25) is 4.79 Å². The van der Waals surface area contributed by atoms with E-state index in [4.69, 9.17) is 13.9 Å². The standard InChI is InChI=1S/C32H24O5/c1-2-35-25-17-19-29-27(21-25)30(31(37-29)24-13-7-4-8-14-24)32(34)36-26-15-9-10-22(20-26)16-18-28(33)23-11-5-3-6-12-23/h3-21H,2H2,1H3. The van der Waals surface area contributed by atoms with Gasteiger partial charge in [0.15, 0.2) is 5.78 Å². The van der Waals surface area contributed by atoms with Gasteiger partial charge in [0.25, 0.3) is 0 Å². The molecule has 5 heteroatoms. The molecule has 0 spiro atoms. The van der Waals surface area contributed by atoms with Crippen LogP contribution >= 0.6 is 0 Å². The summed E-state index contributed by atoms with van der Waals surface area (Å²) in [6, 6.07) is 30.9. The van der Waals surface area contributed by atoms with Crippen LogP contribution < -0.4 is 9.47 Å². The van der Waals surface area contributed by atoms with E-state index in [2.05, 4.69) is 0 Å². The second-order valence-corrected chi connectivity index (χ2v) is 8.29. The number of fused-ring (bicyclic) bond motifs is 1. The van der Waals surface area contributed by atoms with Crippen molar-refractivity contribution < 1.29 is 23.5 Å². The Bertz CT molecular complexity index is 1580. The van der Waals surface area contributed by atoms with Gasteiger partial charge in [-0.2, -0.15) is 0 Å². The van der Waals surface area contributed by atoms with Crippen molar-refractivity contribution in [2.24, 2.45) is 0 Å². The van der Waals surface area contributed by atoms with Gasteiger partial charge >= 0.3 is 5.97 Å². The highest BCUT2D eigenvalue weighted by atomic mass is 16.5. The van der Waals surface area contributed by atoms with E-state index in [-0.39, 0.29) is 5.78 Å². The van der Waals surface area contributed by atoms with E-state index in [1.807, 2.05) is 67.6 Å². The van der Waals surface area contributed by atoms with Crippen molar-refractivity contribution in [3.8, 4) is 22.8 Å². The van der Waals surface area contributed by atoms with Gasteiger partial charge in [0, 0.05) is 16.5 Å². The number of benzene rings is 4.